The first kappa shape index (κ1) is 16.4. The van der Waals surface area contributed by atoms with Crippen LogP contribution in [0.1, 0.15) is 36.8 Å². The first-order valence-corrected chi connectivity index (χ1v) is 8.35. The molecule has 0 radical (unpaired) electrons. The Hall–Kier alpha value is -1.46. The lowest BCUT2D eigenvalue weighted by atomic mass is 9.82. The zero-order valence-corrected chi connectivity index (χ0v) is 13.6. The monoisotopic (exact) mass is 321 g/mol. The number of rotatable bonds is 2. The van der Waals surface area contributed by atoms with Crippen LogP contribution in [0.3, 0.4) is 0 Å². The maximum atomic E-state index is 13.1. The highest BCUT2D eigenvalue weighted by atomic mass is 19.1. The average Bonchev–Trinajstić information content (AvgIpc) is 2.54. The molecule has 0 saturated carbocycles. The minimum atomic E-state index is -0.458. The van der Waals surface area contributed by atoms with Crippen molar-refractivity contribution in [3.63, 3.8) is 0 Å². The van der Waals surface area contributed by atoms with E-state index in [1.54, 1.807) is 6.07 Å². The number of carbonyl (C=O) groups excluding carboxylic acids is 1. The summed E-state index contributed by atoms with van der Waals surface area (Å²) in [7, 11) is 0. The molecule has 2 saturated heterocycles. The number of likely N-dealkylation sites (tertiary alicyclic amines) is 1. The van der Waals surface area contributed by atoms with Crippen molar-refractivity contribution in [3.05, 3.63) is 35.1 Å². The molecule has 0 unspecified atom stereocenters. The summed E-state index contributed by atoms with van der Waals surface area (Å²) in [6, 6.07) is 4.54. The minimum absolute atomic E-state index is 0.0554. The topological polar surface area (TPSA) is 49.8 Å². The van der Waals surface area contributed by atoms with Crippen LogP contribution >= 0.6 is 0 Å². The van der Waals surface area contributed by atoms with Gasteiger partial charge in [-0.05, 0) is 55.9 Å². The van der Waals surface area contributed by atoms with E-state index in [0.717, 1.165) is 24.0 Å². The van der Waals surface area contributed by atoms with Crippen LogP contribution in [0.4, 0.5) is 4.39 Å². The molecule has 2 heterocycles. The van der Waals surface area contributed by atoms with E-state index in [0.29, 0.717) is 39.0 Å². The maximum Gasteiger partial charge on any atom is 0.227 e. The van der Waals surface area contributed by atoms with E-state index >= 15 is 0 Å². The quantitative estimate of drug-likeness (QED) is 0.908. The Morgan fingerprint density at radius 2 is 2.17 bits per heavy atom. The Labute approximate surface area is 136 Å². The molecule has 2 aliphatic rings. The maximum absolute atomic E-state index is 13.1. The summed E-state index contributed by atoms with van der Waals surface area (Å²) >= 11 is 0. The average molecular weight is 321 g/mol. The lowest BCUT2D eigenvalue weighted by Gasteiger charge is -2.46. The van der Waals surface area contributed by atoms with Crippen molar-refractivity contribution in [1.82, 2.24) is 4.90 Å². The highest BCUT2D eigenvalue weighted by molar-refractivity contribution is 5.79. The van der Waals surface area contributed by atoms with Crippen molar-refractivity contribution in [2.75, 3.05) is 19.7 Å². The van der Waals surface area contributed by atoms with Crippen LogP contribution in [0, 0.1) is 12.7 Å². The number of nitrogens with zero attached hydrogens (tertiary/aromatic N) is 1. The van der Waals surface area contributed by atoms with Crippen LogP contribution in [0.15, 0.2) is 18.2 Å². The Morgan fingerprint density at radius 3 is 2.83 bits per heavy atom. The number of hydrogen-bond donors (Lipinski definition) is 1. The number of benzene rings is 1. The van der Waals surface area contributed by atoms with Crippen molar-refractivity contribution in [2.45, 2.75) is 50.7 Å². The standard InChI is InChI=1S/C18H24FNO3/c1-13-11-15(19)5-4-14(13)12-17(22)20-8-6-18(7-9-20)16(21)3-2-10-23-18/h4-5,11,16,21H,2-3,6-10,12H2,1H3/t16-/m0/s1. The van der Waals surface area contributed by atoms with Gasteiger partial charge in [0, 0.05) is 19.7 Å². The number of carbonyl (C=O) groups is 1. The third-order valence-corrected chi connectivity index (χ3v) is 5.23. The summed E-state index contributed by atoms with van der Waals surface area (Å²) in [5.74, 6) is -0.220. The molecule has 126 valence electrons. The molecule has 1 aromatic rings. The van der Waals surface area contributed by atoms with Crippen molar-refractivity contribution >= 4 is 5.91 Å². The second-order valence-corrected chi connectivity index (χ2v) is 6.70. The van der Waals surface area contributed by atoms with Gasteiger partial charge in [-0.3, -0.25) is 4.79 Å². The van der Waals surface area contributed by atoms with E-state index < -0.39 is 11.7 Å². The lowest BCUT2D eigenvalue weighted by Crippen LogP contribution is -2.56. The Bertz CT molecular complexity index is 582. The number of aryl methyl sites for hydroxylation is 1. The van der Waals surface area contributed by atoms with Gasteiger partial charge in [0.2, 0.25) is 5.91 Å². The fourth-order valence-corrected chi connectivity index (χ4v) is 3.66. The number of piperidine rings is 1. The first-order chi connectivity index (χ1) is 11.0. The predicted molar refractivity (Wildman–Crippen MR) is 84.6 cm³/mol. The molecule has 5 heteroatoms. The third-order valence-electron chi connectivity index (χ3n) is 5.23. The zero-order chi connectivity index (χ0) is 16.4. The largest absolute Gasteiger partial charge is 0.390 e. The van der Waals surface area contributed by atoms with Crippen molar-refractivity contribution in [1.29, 1.82) is 0 Å². The molecule has 1 spiro atoms. The number of halogens is 1. The van der Waals surface area contributed by atoms with Gasteiger partial charge in [0.1, 0.15) is 5.82 Å². The molecule has 1 atom stereocenters. The number of aliphatic hydroxyl groups is 1. The van der Waals surface area contributed by atoms with Gasteiger partial charge < -0.3 is 14.7 Å². The van der Waals surface area contributed by atoms with Gasteiger partial charge in [0.05, 0.1) is 18.1 Å². The molecule has 1 amide bonds. The van der Waals surface area contributed by atoms with Gasteiger partial charge in [-0.25, -0.2) is 4.39 Å². The van der Waals surface area contributed by atoms with Crippen molar-refractivity contribution in [3.8, 4) is 0 Å². The fourth-order valence-electron chi connectivity index (χ4n) is 3.66. The molecule has 23 heavy (non-hydrogen) atoms. The molecule has 3 rings (SSSR count). The van der Waals surface area contributed by atoms with E-state index in [4.69, 9.17) is 4.74 Å². The third kappa shape index (κ3) is 3.40. The van der Waals surface area contributed by atoms with Crippen molar-refractivity contribution < 1.29 is 19.0 Å². The molecular weight excluding hydrogens is 297 g/mol. The summed E-state index contributed by atoms with van der Waals surface area (Å²) in [5.41, 5.74) is 1.21. The van der Waals surface area contributed by atoms with Gasteiger partial charge in [-0.1, -0.05) is 6.07 Å². The number of aliphatic hydroxyl groups excluding tert-OH is 1. The van der Waals surface area contributed by atoms with Crippen LogP contribution in [0.5, 0.6) is 0 Å². The summed E-state index contributed by atoms with van der Waals surface area (Å²) in [6.45, 7) is 3.73. The molecule has 2 fully saturated rings. The van der Waals surface area contributed by atoms with Crippen LogP contribution < -0.4 is 0 Å². The molecule has 4 nitrogen and oxygen atoms in total. The van der Waals surface area contributed by atoms with Crippen LogP contribution in [0.2, 0.25) is 0 Å². The second kappa shape index (κ2) is 6.57. The SMILES string of the molecule is Cc1cc(F)ccc1CC(=O)N1CCC2(CC1)OCCC[C@@H]2O. The molecule has 0 aromatic heterocycles. The van der Waals surface area contributed by atoms with E-state index in [1.165, 1.54) is 12.1 Å². The van der Waals surface area contributed by atoms with E-state index in [-0.39, 0.29) is 11.7 Å². The smallest absolute Gasteiger partial charge is 0.227 e. The van der Waals surface area contributed by atoms with E-state index in [2.05, 4.69) is 0 Å². The first-order valence-electron chi connectivity index (χ1n) is 8.35. The fraction of sp³-hybridized carbons (Fsp3) is 0.611. The van der Waals surface area contributed by atoms with Crippen LogP contribution in [-0.4, -0.2) is 47.3 Å². The molecule has 1 N–H and O–H groups in total. The Balaban J connectivity index is 1.60. The molecular formula is C18H24FNO3. The predicted octanol–water partition coefficient (Wildman–Crippen LogP) is 2.21. The molecule has 0 aliphatic carbocycles. The Morgan fingerprint density at radius 1 is 1.43 bits per heavy atom. The summed E-state index contributed by atoms with van der Waals surface area (Å²) < 4.78 is 19.0. The van der Waals surface area contributed by atoms with Gasteiger partial charge >= 0.3 is 0 Å². The van der Waals surface area contributed by atoms with Crippen molar-refractivity contribution in [2.24, 2.45) is 0 Å². The van der Waals surface area contributed by atoms with Gasteiger partial charge in [-0.2, -0.15) is 0 Å². The van der Waals surface area contributed by atoms with Crippen LogP contribution in [0.25, 0.3) is 0 Å². The number of ether oxygens (including phenoxy) is 1. The van der Waals surface area contributed by atoms with Gasteiger partial charge in [-0.15, -0.1) is 0 Å². The number of amides is 1. The summed E-state index contributed by atoms with van der Waals surface area (Å²) in [4.78, 5) is 14.3. The normalized spacial score (nSPS) is 24.0. The number of hydrogen-bond acceptors (Lipinski definition) is 3. The van der Waals surface area contributed by atoms with Gasteiger partial charge in [0.25, 0.3) is 0 Å². The molecule has 0 bridgehead atoms. The minimum Gasteiger partial charge on any atom is -0.390 e. The highest BCUT2D eigenvalue weighted by Crippen LogP contribution is 2.35. The zero-order valence-electron chi connectivity index (χ0n) is 13.6. The summed E-state index contributed by atoms with van der Waals surface area (Å²) in [5, 5.41) is 10.2. The van der Waals surface area contributed by atoms with E-state index in [1.807, 2.05) is 11.8 Å². The summed E-state index contributed by atoms with van der Waals surface area (Å²) in [6.07, 6.45) is 2.92. The highest BCUT2D eigenvalue weighted by Gasteiger charge is 2.44. The lowest BCUT2D eigenvalue weighted by molar-refractivity contribution is -0.179. The second-order valence-electron chi connectivity index (χ2n) is 6.70. The van der Waals surface area contributed by atoms with Gasteiger partial charge in [0.15, 0.2) is 0 Å². The van der Waals surface area contributed by atoms with Crippen LogP contribution in [-0.2, 0) is 16.0 Å². The van der Waals surface area contributed by atoms with E-state index in [9.17, 15) is 14.3 Å². The Kier molecular flexibility index (Phi) is 4.69. The molecule has 1 aromatic carbocycles. The molecule has 2 aliphatic heterocycles.